The fraction of sp³-hybridized carbons (Fsp3) is 0.417. The second-order valence-electron chi connectivity index (χ2n) is 8.57. The number of benzene rings is 1. The lowest BCUT2D eigenvalue weighted by atomic mass is 9.91. The number of hydrogen-bond donors (Lipinski definition) is 3. The van der Waals surface area contributed by atoms with E-state index in [0.717, 1.165) is 24.1 Å². The number of aromatic nitrogens is 3. The van der Waals surface area contributed by atoms with Crippen LogP contribution in [0.15, 0.2) is 28.9 Å². The highest BCUT2D eigenvalue weighted by molar-refractivity contribution is 5.85. The van der Waals surface area contributed by atoms with Crippen molar-refractivity contribution in [2.45, 2.75) is 45.8 Å². The highest BCUT2D eigenvalue weighted by Gasteiger charge is 2.25. The van der Waals surface area contributed by atoms with Crippen LogP contribution in [0.5, 0.6) is 0 Å². The number of nitriles is 1. The molecule has 0 unspecified atom stereocenters. The van der Waals surface area contributed by atoms with Crippen molar-refractivity contribution in [3.8, 4) is 28.9 Å². The molecule has 0 atom stereocenters. The molecule has 3 aromatic rings. The molecule has 1 aliphatic heterocycles. The molecule has 1 aliphatic rings. The Kier molecular flexibility index (Phi) is 8.23. The Balaban J connectivity index is 0.00000324. The third-order valence-corrected chi connectivity index (χ3v) is 6.00. The van der Waals surface area contributed by atoms with Gasteiger partial charge >= 0.3 is 0 Å². The summed E-state index contributed by atoms with van der Waals surface area (Å²) in [6, 6.07) is 7.80. The van der Waals surface area contributed by atoms with E-state index in [4.69, 9.17) is 4.52 Å². The first-order chi connectivity index (χ1) is 15.9. The van der Waals surface area contributed by atoms with Gasteiger partial charge in [0.15, 0.2) is 0 Å². The normalized spacial score (nSPS) is 13.5. The number of rotatable bonds is 7. The Labute approximate surface area is 204 Å². The molecular formula is C24H29ClN6O3. The van der Waals surface area contributed by atoms with Gasteiger partial charge in [-0.1, -0.05) is 17.3 Å². The third-order valence-electron chi connectivity index (χ3n) is 6.00. The Hall–Kier alpha value is -3.03. The van der Waals surface area contributed by atoms with Crippen LogP contribution in [0.2, 0.25) is 0 Å². The van der Waals surface area contributed by atoms with E-state index in [2.05, 4.69) is 38.3 Å². The molecule has 0 fully saturated rings. The molecule has 3 heterocycles. The van der Waals surface area contributed by atoms with Crippen LogP contribution >= 0.6 is 12.4 Å². The van der Waals surface area contributed by atoms with E-state index in [1.54, 1.807) is 12.3 Å². The van der Waals surface area contributed by atoms with Crippen molar-refractivity contribution >= 4 is 18.2 Å². The molecule has 10 heteroatoms. The lowest BCUT2D eigenvalue weighted by molar-refractivity contribution is 0.0650. The van der Waals surface area contributed by atoms with Gasteiger partial charge in [0.25, 0.3) is 5.89 Å². The third kappa shape index (κ3) is 5.05. The monoisotopic (exact) mass is 484 g/mol. The lowest BCUT2D eigenvalue weighted by Crippen LogP contribution is -2.43. The van der Waals surface area contributed by atoms with E-state index in [1.807, 2.05) is 26.0 Å². The number of pyridine rings is 1. The van der Waals surface area contributed by atoms with Crippen molar-refractivity contribution in [2.24, 2.45) is 0 Å². The summed E-state index contributed by atoms with van der Waals surface area (Å²) >= 11 is 0. The maximum atomic E-state index is 9.50. The zero-order chi connectivity index (χ0) is 23.5. The molecule has 2 aromatic heterocycles. The predicted octanol–water partition coefficient (Wildman–Crippen LogP) is 2.93. The van der Waals surface area contributed by atoms with Gasteiger partial charge in [-0.05, 0) is 49.9 Å². The molecule has 3 N–H and O–H groups in total. The summed E-state index contributed by atoms with van der Waals surface area (Å²) in [5.74, 6) is 1.32. The molecule has 0 spiro atoms. The zero-order valence-corrected chi connectivity index (χ0v) is 20.3. The Morgan fingerprint density at radius 3 is 2.71 bits per heavy atom. The maximum absolute atomic E-state index is 9.50. The first kappa shape index (κ1) is 25.6. The van der Waals surface area contributed by atoms with Crippen LogP contribution in [0.1, 0.15) is 36.1 Å². The molecule has 0 bridgehead atoms. The highest BCUT2D eigenvalue weighted by atomic mass is 35.5. The van der Waals surface area contributed by atoms with Crippen molar-refractivity contribution in [1.29, 1.82) is 5.26 Å². The molecule has 0 aliphatic carbocycles. The van der Waals surface area contributed by atoms with Crippen molar-refractivity contribution < 1.29 is 14.7 Å². The quantitative estimate of drug-likeness (QED) is 0.463. The summed E-state index contributed by atoms with van der Waals surface area (Å²) in [7, 11) is 0. The number of fused-ring (bicyclic) bond motifs is 1. The van der Waals surface area contributed by atoms with Crippen molar-refractivity contribution in [1.82, 2.24) is 20.0 Å². The molecular weight excluding hydrogens is 456 g/mol. The molecule has 1 aromatic carbocycles. The number of anilines is 1. The molecule has 9 nitrogen and oxygen atoms in total. The average molecular weight is 485 g/mol. The second-order valence-corrected chi connectivity index (χ2v) is 8.57. The van der Waals surface area contributed by atoms with Crippen LogP contribution in [0.4, 0.5) is 5.82 Å². The van der Waals surface area contributed by atoms with Gasteiger partial charge in [-0.2, -0.15) is 10.2 Å². The molecule has 4 rings (SSSR count). The molecule has 180 valence electrons. The zero-order valence-electron chi connectivity index (χ0n) is 19.4. The number of aliphatic hydroxyl groups is 2. The molecule has 0 saturated heterocycles. The predicted molar refractivity (Wildman–Crippen MR) is 130 cm³/mol. The van der Waals surface area contributed by atoms with Crippen molar-refractivity contribution in [3.63, 3.8) is 0 Å². The van der Waals surface area contributed by atoms with Gasteiger partial charge in [-0.25, -0.2) is 4.98 Å². The highest BCUT2D eigenvalue weighted by Crippen LogP contribution is 2.32. The van der Waals surface area contributed by atoms with Gasteiger partial charge in [-0.15, -0.1) is 12.4 Å². The minimum absolute atomic E-state index is 0. The Bertz CT molecular complexity index is 1190. The van der Waals surface area contributed by atoms with Gasteiger partial charge in [-0.3, -0.25) is 4.90 Å². The van der Waals surface area contributed by atoms with Crippen molar-refractivity contribution in [3.05, 3.63) is 46.6 Å². The smallest absolute Gasteiger partial charge is 0.259 e. The van der Waals surface area contributed by atoms with E-state index in [-0.39, 0.29) is 37.7 Å². The molecule has 0 radical (unpaired) electrons. The first-order valence-corrected chi connectivity index (χ1v) is 11.0. The Morgan fingerprint density at radius 2 is 2.03 bits per heavy atom. The van der Waals surface area contributed by atoms with Gasteiger partial charge < -0.3 is 20.1 Å². The standard InChI is InChI=1S/C24H28N6O3.ClH/c1-14(2)27-22-17(9-25)8-18(10-26-22)24-28-23(29-33-24)21-5-4-16-11-30(19(12-31)13-32)7-6-20(16)15(21)3;/h4-5,8,10,14,19,31-32H,6-7,11-13H2,1-3H3,(H,26,27);1H. The average Bonchev–Trinajstić information content (AvgIpc) is 3.30. The van der Waals surface area contributed by atoms with E-state index in [0.29, 0.717) is 35.2 Å². The second kappa shape index (κ2) is 10.9. The lowest BCUT2D eigenvalue weighted by Gasteiger charge is -2.34. The van der Waals surface area contributed by atoms with Crippen LogP contribution in [0.3, 0.4) is 0 Å². The number of nitrogens with one attached hydrogen (secondary N) is 1. The SMILES string of the molecule is Cc1c(-c2noc(-c3cnc(NC(C)C)c(C#N)c3)n2)ccc2c1CCN(C(CO)CO)C2.Cl. The summed E-state index contributed by atoms with van der Waals surface area (Å²) in [6.07, 6.45) is 2.44. The summed E-state index contributed by atoms with van der Waals surface area (Å²) < 4.78 is 5.51. The van der Waals surface area contributed by atoms with E-state index < -0.39 is 0 Å². The van der Waals surface area contributed by atoms with E-state index >= 15 is 0 Å². The van der Waals surface area contributed by atoms with Crippen LogP contribution in [-0.2, 0) is 13.0 Å². The topological polar surface area (TPSA) is 131 Å². The number of aliphatic hydroxyl groups excluding tert-OH is 2. The van der Waals surface area contributed by atoms with Crippen LogP contribution < -0.4 is 5.32 Å². The molecule has 34 heavy (non-hydrogen) atoms. The first-order valence-electron chi connectivity index (χ1n) is 11.0. The van der Waals surface area contributed by atoms with Crippen LogP contribution in [0, 0.1) is 18.3 Å². The summed E-state index contributed by atoms with van der Waals surface area (Å²) in [5, 5.41) is 35.8. The maximum Gasteiger partial charge on any atom is 0.259 e. The van der Waals surface area contributed by atoms with Crippen LogP contribution in [0.25, 0.3) is 22.8 Å². The van der Waals surface area contributed by atoms with Gasteiger partial charge in [0.2, 0.25) is 5.82 Å². The van der Waals surface area contributed by atoms with Gasteiger partial charge in [0, 0.05) is 30.9 Å². The summed E-state index contributed by atoms with van der Waals surface area (Å²) in [6.45, 7) is 7.33. The minimum Gasteiger partial charge on any atom is -0.395 e. The number of halogens is 1. The number of hydrogen-bond acceptors (Lipinski definition) is 9. The van der Waals surface area contributed by atoms with Gasteiger partial charge in [0.05, 0.1) is 30.4 Å². The largest absolute Gasteiger partial charge is 0.395 e. The summed E-state index contributed by atoms with van der Waals surface area (Å²) in [4.78, 5) is 11.0. The molecule has 0 saturated carbocycles. The Morgan fingerprint density at radius 1 is 1.26 bits per heavy atom. The van der Waals surface area contributed by atoms with E-state index in [9.17, 15) is 15.5 Å². The summed E-state index contributed by atoms with van der Waals surface area (Å²) in [5.41, 5.74) is 5.40. The number of nitrogens with zero attached hydrogens (tertiary/aromatic N) is 5. The minimum atomic E-state index is -0.244. The molecule has 0 amide bonds. The van der Waals surface area contributed by atoms with Crippen LogP contribution in [-0.4, -0.2) is 62.1 Å². The fourth-order valence-electron chi connectivity index (χ4n) is 4.21. The fourth-order valence-corrected chi connectivity index (χ4v) is 4.21. The van der Waals surface area contributed by atoms with E-state index in [1.165, 1.54) is 11.1 Å². The van der Waals surface area contributed by atoms with Gasteiger partial charge in [0.1, 0.15) is 11.9 Å². The van der Waals surface area contributed by atoms with Crippen molar-refractivity contribution in [2.75, 3.05) is 25.1 Å².